The van der Waals surface area contributed by atoms with Gasteiger partial charge in [-0.15, -0.1) is 0 Å². The van der Waals surface area contributed by atoms with E-state index in [1.54, 1.807) is 0 Å². The standard InChI is InChI=1S/C17H12O2/c18-17-12-15(13-7-3-1-4-8-13)11-16(19-17)14-9-5-2-6-10-14/h1-12H. The lowest BCUT2D eigenvalue weighted by Crippen LogP contribution is -1.98. The first-order chi connectivity index (χ1) is 9.33. The molecule has 0 aliphatic heterocycles. The Morgan fingerprint density at radius 2 is 1.21 bits per heavy atom. The van der Waals surface area contributed by atoms with Gasteiger partial charge < -0.3 is 4.42 Å². The number of rotatable bonds is 2. The zero-order chi connectivity index (χ0) is 13.1. The first kappa shape index (κ1) is 11.5. The van der Waals surface area contributed by atoms with Crippen LogP contribution < -0.4 is 5.63 Å². The van der Waals surface area contributed by atoms with Gasteiger partial charge in [-0.1, -0.05) is 60.7 Å². The molecule has 92 valence electrons. The van der Waals surface area contributed by atoms with Gasteiger partial charge in [0.25, 0.3) is 0 Å². The van der Waals surface area contributed by atoms with Crippen molar-refractivity contribution >= 4 is 0 Å². The van der Waals surface area contributed by atoms with Crippen LogP contribution in [0.4, 0.5) is 0 Å². The summed E-state index contributed by atoms with van der Waals surface area (Å²) in [4.78, 5) is 11.7. The van der Waals surface area contributed by atoms with E-state index in [2.05, 4.69) is 0 Å². The topological polar surface area (TPSA) is 30.2 Å². The second-order valence-corrected chi connectivity index (χ2v) is 4.26. The summed E-state index contributed by atoms with van der Waals surface area (Å²) in [7, 11) is 0. The van der Waals surface area contributed by atoms with Gasteiger partial charge in [0.05, 0.1) is 0 Å². The summed E-state index contributed by atoms with van der Waals surface area (Å²) in [5.41, 5.74) is 2.45. The van der Waals surface area contributed by atoms with Crippen LogP contribution in [-0.2, 0) is 0 Å². The number of hydrogen-bond acceptors (Lipinski definition) is 2. The summed E-state index contributed by atoms with van der Waals surface area (Å²) in [6.45, 7) is 0. The number of benzene rings is 2. The monoisotopic (exact) mass is 248 g/mol. The van der Waals surface area contributed by atoms with Gasteiger partial charge in [-0.2, -0.15) is 0 Å². The first-order valence-corrected chi connectivity index (χ1v) is 6.09. The van der Waals surface area contributed by atoms with Crippen LogP contribution in [0.1, 0.15) is 0 Å². The molecule has 1 aromatic heterocycles. The van der Waals surface area contributed by atoms with Crippen LogP contribution in [0.3, 0.4) is 0 Å². The molecule has 0 aliphatic carbocycles. The minimum atomic E-state index is -0.333. The van der Waals surface area contributed by atoms with Crippen molar-refractivity contribution in [2.75, 3.05) is 0 Å². The molecule has 1 heterocycles. The fraction of sp³-hybridized carbons (Fsp3) is 0. The van der Waals surface area contributed by atoms with Gasteiger partial charge in [0, 0.05) is 11.6 Å². The van der Waals surface area contributed by atoms with E-state index < -0.39 is 0 Å². The third-order valence-corrected chi connectivity index (χ3v) is 2.94. The van der Waals surface area contributed by atoms with Crippen LogP contribution in [0.25, 0.3) is 22.5 Å². The van der Waals surface area contributed by atoms with Crippen molar-refractivity contribution in [2.45, 2.75) is 0 Å². The Kier molecular flexibility index (Phi) is 2.99. The van der Waals surface area contributed by atoms with Gasteiger partial charge in [-0.25, -0.2) is 4.79 Å². The number of hydrogen-bond donors (Lipinski definition) is 0. The fourth-order valence-electron chi connectivity index (χ4n) is 2.02. The molecule has 0 fully saturated rings. The maximum atomic E-state index is 11.7. The molecule has 3 rings (SSSR count). The third kappa shape index (κ3) is 2.47. The lowest BCUT2D eigenvalue weighted by Gasteiger charge is -2.04. The highest BCUT2D eigenvalue weighted by Crippen LogP contribution is 2.24. The summed E-state index contributed by atoms with van der Waals surface area (Å²) in [6.07, 6.45) is 0. The molecule has 19 heavy (non-hydrogen) atoms. The van der Waals surface area contributed by atoms with E-state index in [0.717, 1.165) is 16.7 Å². The van der Waals surface area contributed by atoms with E-state index in [9.17, 15) is 4.79 Å². The van der Waals surface area contributed by atoms with Crippen molar-refractivity contribution < 1.29 is 4.42 Å². The molecule has 2 nitrogen and oxygen atoms in total. The molecule has 0 atom stereocenters. The van der Waals surface area contributed by atoms with Crippen LogP contribution in [0.2, 0.25) is 0 Å². The van der Waals surface area contributed by atoms with E-state index >= 15 is 0 Å². The second-order valence-electron chi connectivity index (χ2n) is 4.26. The maximum Gasteiger partial charge on any atom is 0.336 e. The summed E-state index contributed by atoms with van der Waals surface area (Å²) in [5.74, 6) is 0.590. The quantitative estimate of drug-likeness (QED) is 0.686. The lowest BCUT2D eigenvalue weighted by atomic mass is 10.0. The van der Waals surface area contributed by atoms with E-state index in [4.69, 9.17) is 4.42 Å². The fourth-order valence-corrected chi connectivity index (χ4v) is 2.02. The lowest BCUT2D eigenvalue weighted by molar-refractivity contribution is 0.526. The normalized spacial score (nSPS) is 10.3. The molecule has 0 spiro atoms. The van der Waals surface area contributed by atoms with Gasteiger partial charge >= 0.3 is 5.63 Å². The molecule has 0 amide bonds. The molecule has 0 unspecified atom stereocenters. The van der Waals surface area contributed by atoms with Crippen LogP contribution >= 0.6 is 0 Å². The van der Waals surface area contributed by atoms with Gasteiger partial charge in [-0.05, 0) is 17.2 Å². The molecule has 2 aromatic carbocycles. The van der Waals surface area contributed by atoms with Gasteiger partial charge in [0.2, 0.25) is 0 Å². The summed E-state index contributed by atoms with van der Waals surface area (Å²) in [5, 5.41) is 0. The van der Waals surface area contributed by atoms with Crippen LogP contribution in [0.15, 0.2) is 82.0 Å². The van der Waals surface area contributed by atoms with Crippen molar-refractivity contribution in [1.82, 2.24) is 0 Å². The van der Waals surface area contributed by atoms with Crippen LogP contribution in [-0.4, -0.2) is 0 Å². The molecule has 3 aromatic rings. The average Bonchev–Trinajstić information content (AvgIpc) is 2.48. The van der Waals surface area contributed by atoms with Crippen LogP contribution in [0.5, 0.6) is 0 Å². The largest absolute Gasteiger partial charge is 0.423 e. The Hall–Kier alpha value is -2.61. The van der Waals surface area contributed by atoms with Crippen molar-refractivity contribution in [3.63, 3.8) is 0 Å². The van der Waals surface area contributed by atoms with E-state index in [0.29, 0.717) is 5.76 Å². The predicted octanol–water partition coefficient (Wildman–Crippen LogP) is 3.97. The van der Waals surface area contributed by atoms with Gasteiger partial charge in [-0.3, -0.25) is 0 Å². The average molecular weight is 248 g/mol. The second kappa shape index (κ2) is 4.94. The zero-order valence-corrected chi connectivity index (χ0v) is 10.2. The third-order valence-electron chi connectivity index (χ3n) is 2.94. The Bertz CT molecular complexity index is 667. The molecular formula is C17H12O2. The smallest absolute Gasteiger partial charge is 0.336 e. The highest BCUT2D eigenvalue weighted by atomic mass is 16.4. The van der Waals surface area contributed by atoms with Crippen molar-refractivity contribution in [3.8, 4) is 22.5 Å². The predicted molar refractivity (Wildman–Crippen MR) is 75.9 cm³/mol. The summed E-state index contributed by atoms with van der Waals surface area (Å²) in [6, 6.07) is 22.8. The highest BCUT2D eigenvalue weighted by molar-refractivity contribution is 5.68. The molecule has 0 N–H and O–H groups in total. The summed E-state index contributed by atoms with van der Waals surface area (Å²) < 4.78 is 5.27. The minimum absolute atomic E-state index is 0.333. The summed E-state index contributed by atoms with van der Waals surface area (Å²) >= 11 is 0. The SMILES string of the molecule is O=c1cc(-c2ccccc2)cc(-c2ccccc2)o1. The molecule has 0 saturated heterocycles. The first-order valence-electron chi connectivity index (χ1n) is 6.09. The minimum Gasteiger partial charge on any atom is -0.423 e. The Labute approximate surface area is 111 Å². The molecule has 0 bridgehead atoms. The van der Waals surface area contributed by atoms with E-state index in [1.807, 2.05) is 66.7 Å². The zero-order valence-electron chi connectivity index (χ0n) is 10.2. The van der Waals surface area contributed by atoms with Crippen molar-refractivity contribution in [2.24, 2.45) is 0 Å². The van der Waals surface area contributed by atoms with Crippen molar-refractivity contribution in [3.05, 3.63) is 83.2 Å². The highest BCUT2D eigenvalue weighted by Gasteiger charge is 2.05. The molecule has 2 heteroatoms. The van der Waals surface area contributed by atoms with Gasteiger partial charge in [0.15, 0.2) is 0 Å². The van der Waals surface area contributed by atoms with E-state index in [-0.39, 0.29) is 5.63 Å². The Morgan fingerprint density at radius 1 is 0.632 bits per heavy atom. The van der Waals surface area contributed by atoms with Crippen LogP contribution in [0, 0.1) is 0 Å². The van der Waals surface area contributed by atoms with Crippen molar-refractivity contribution in [1.29, 1.82) is 0 Å². The Balaban J connectivity index is 2.15. The molecule has 0 radical (unpaired) electrons. The molecule has 0 aliphatic rings. The van der Waals surface area contributed by atoms with E-state index in [1.165, 1.54) is 6.07 Å². The Morgan fingerprint density at radius 3 is 1.84 bits per heavy atom. The molecular weight excluding hydrogens is 236 g/mol. The van der Waals surface area contributed by atoms with Gasteiger partial charge in [0.1, 0.15) is 5.76 Å². The molecule has 0 saturated carbocycles. The maximum absolute atomic E-state index is 11.7.